The first kappa shape index (κ1) is 10.7. The summed E-state index contributed by atoms with van der Waals surface area (Å²) in [6, 6.07) is 1.85. The zero-order chi connectivity index (χ0) is 11.7. The van der Waals surface area contributed by atoms with Crippen LogP contribution in [0.15, 0.2) is 0 Å². The summed E-state index contributed by atoms with van der Waals surface area (Å²) in [6.45, 7) is 3.69. The van der Waals surface area contributed by atoms with Crippen LogP contribution in [0, 0.1) is 25.2 Å². The largest absolute Gasteiger partial charge is 0.291 e. The average Bonchev–Trinajstić information content (AvgIpc) is 3.01. The van der Waals surface area contributed by atoms with Gasteiger partial charge in [-0.3, -0.25) is 9.78 Å². The molecule has 0 bridgehead atoms. The summed E-state index contributed by atoms with van der Waals surface area (Å²) in [5, 5.41) is 8.52. The maximum atomic E-state index is 11.6. The zero-order valence-corrected chi connectivity index (χ0v) is 9.45. The molecule has 16 heavy (non-hydrogen) atoms. The molecule has 4 heteroatoms. The molecule has 1 aromatic heterocycles. The van der Waals surface area contributed by atoms with E-state index in [1.807, 2.05) is 13.0 Å². The van der Waals surface area contributed by atoms with Crippen molar-refractivity contribution in [2.24, 2.45) is 0 Å². The molecule has 2 rings (SSSR count). The summed E-state index contributed by atoms with van der Waals surface area (Å²) >= 11 is 0. The number of carbonyl (C=O) groups is 1. The van der Waals surface area contributed by atoms with Crippen molar-refractivity contribution in [1.29, 1.82) is 5.26 Å². The number of aromatic nitrogens is 2. The molecule has 0 aromatic carbocycles. The molecule has 1 heterocycles. The van der Waals surface area contributed by atoms with E-state index in [0.717, 1.165) is 24.2 Å². The Kier molecular flexibility index (Phi) is 2.69. The van der Waals surface area contributed by atoms with Crippen molar-refractivity contribution in [3.63, 3.8) is 0 Å². The molecule has 1 aliphatic rings. The highest BCUT2D eigenvalue weighted by molar-refractivity contribution is 5.96. The molecule has 1 fully saturated rings. The number of ketones is 1. The Morgan fingerprint density at radius 3 is 2.62 bits per heavy atom. The van der Waals surface area contributed by atoms with Gasteiger partial charge in [-0.2, -0.15) is 5.26 Å². The lowest BCUT2D eigenvalue weighted by atomic mass is 10.1. The number of nitrogens with zero attached hydrogens (tertiary/aromatic N) is 3. The van der Waals surface area contributed by atoms with Gasteiger partial charge in [0, 0.05) is 5.92 Å². The van der Waals surface area contributed by atoms with Crippen molar-refractivity contribution >= 4 is 5.78 Å². The van der Waals surface area contributed by atoms with Crippen LogP contribution in [0.3, 0.4) is 0 Å². The molecule has 0 aliphatic heterocycles. The molecule has 0 saturated heterocycles. The molecule has 1 saturated carbocycles. The lowest BCUT2D eigenvalue weighted by Crippen LogP contribution is -2.10. The van der Waals surface area contributed by atoms with Gasteiger partial charge in [-0.05, 0) is 26.7 Å². The van der Waals surface area contributed by atoms with Crippen LogP contribution in [0.4, 0.5) is 0 Å². The second kappa shape index (κ2) is 4.01. The molecule has 0 N–H and O–H groups in total. The first-order valence-corrected chi connectivity index (χ1v) is 5.38. The molecular formula is C12H13N3O. The smallest absolute Gasteiger partial charge is 0.197 e. The van der Waals surface area contributed by atoms with E-state index in [4.69, 9.17) is 5.26 Å². The van der Waals surface area contributed by atoms with E-state index in [1.165, 1.54) is 0 Å². The summed E-state index contributed by atoms with van der Waals surface area (Å²) in [4.78, 5) is 20.4. The number of aryl methyl sites for hydroxylation is 2. The second-order valence-corrected chi connectivity index (χ2v) is 4.16. The van der Waals surface area contributed by atoms with Gasteiger partial charge in [0.25, 0.3) is 0 Å². The normalized spacial score (nSPS) is 14.6. The van der Waals surface area contributed by atoms with Gasteiger partial charge in [0.15, 0.2) is 5.78 Å². The quantitative estimate of drug-likeness (QED) is 0.724. The van der Waals surface area contributed by atoms with Gasteiger partial charge in [0.1, 0.15) is 12.1 Å². The standard InChI is InChI=1S/C12H13N3O/c1-7-11(9-3-4-9)15-12(8(2)14-7)10(16)5-6-13/h9H,3-5H2,1-2H3. The maximum Gasteiger partial charge on any atom is 0.197 e. The number of rotatable bonds is 3. The lowest BCUT2D eigenvalue weighted by Gasteiger charge is -2.07. The Bertz CT molecular complexity index is 484. The van der Waals surface area contributed by atoms with Crippen LogP contribution in [0.1, 0.15) is 52.8 Å². The summed E-state index contributed by atoms with van der Waals surface area (Å²) in [7, 11) is 0. The van der Waals surface area contributed by atoms with Crippen molar-refractivity contribution in [3.8, 4) is 6.07 Å². The van der Waals surface area contributed by atoms with Gasteiger partial charge in [0.2, 0.25) is 0 Å². The van der Waals surface area contributed by atoms with Crippen LogP contribution in [-0.2, 0) is 0 Å². The third-order valence-corrected chi connectivity index (χ3v) is 2.75. The minimum absolute atomic E-state index is 0.122. The summed E-state index contributed by atoms with van der Waals surface area (Å²) in [5.74, 6) is 0.246. The van der Waals surface area contributed by atoms with Gasteiger partial charge in [0.05, 0.1) is 23.2 Å². The first-order valence-electron chi connectivity index (χ1n) is 5.38. The Hall–Kier alpha value is -1.76. The fraction of sp³-hybridized carbons (Fsp3) is 0.500. The number of hydrogen-bond donors (Lipinski definition) is 0. The van der Waals surface area contributed by atoms with E-state index in [9.17, 15) is 4.79 Å². The molecular weight excluding hydrogens is 202 g/mol. The van der Waals surface area contributed by atoms with Crippen LogP contribution >= 0.6 is 0 Å². The average molecular weight is 215 g/mol. The summed E-state index contributed by atoms with van der Waals surface area (Å²) in [5.41, 5.74) is 2.84. The minimum Gasteiger partial charge on any atom is -0.291 e. The monoisotopic (exact) mass is 215 g/mol. The number of Topliss-reactive ketones (excluding diaryl/α,β-unsaturated/α-hetero) is 1. The van der Waals surface area contributed by atoms with Crippen molar-refractivity contribution in [2.75, 3.05) is 0 Å². The fourth-order valence-corrected chi connectivity index (χ4v) is 1.81. The highest BCUT2D eigenvalue weighted by Gasteiger charge is 2.28. The highest BCUT2D eigenvalue weighted by atomic mass is 16.1. The molecule has 1 aromatic rings. The van der Waals surface area contributed by atoms with Crippen LogP contribution in [0.2, 0.25) is 0 Å². The highest BCUT2D eigenvalue weighted by Crippen LogP contribution is 2.40. The summed E-state index contributed by atoms with van der Waals surface area (Å²) in [6.07, 6.45) is 2.14. The number of carbonyl (C=O) groups excluding carboxylic acids is 1. The van der Waals surface area contributed by atoms with Crippen molar-refractivity contribution in [3.05, 3.63) is 22.8 Å². The Morgan fingerprint density at radius 1 is 1.38 bits per heavy atom. The van der Waals surface area contributed by atoms with Gasteiger partial charge in [-0.15, -0.1) is 0 Å². The Labute approximate surface area is 94.3 Å². The van der Waals surface area contributed by atoms with Gasteiger partial charge >= 0.3 is 0 Å². The van der Waals surface area contributed by atoms with E-state index in [2.05, 4.69) is 9.97 Å². The van der Waals surface area contributed by atoms with Crippen molar-refractivity contribution < 1.29 is 4.79 Å². The molecule has 0 radical (unpaired) electrons. The molecule has 1 aliphatic carbocycles. The SMILES string of the molecule is Cc1nc(C)c(C2CC2)nc1C(=O)CC#N. The Morgan fingerprint density at radius 2 is 2.06 bits per heavy atom. The third-order valence-electron chi connectivity index (χ3n) is 2.75. The van der Waals surface area contributed by atoms with Gasteiger partial charge < -0.3 is 0 Å². The van der Waals surface area contributed by atoms with E-state index >= 15 is 0 Å². The van der Waals surface area contributed by atoms with Gasteiger partial charge in [-0.25, -0.2) is 4.98 Å². The van der Waals surface area contributed by atoms with E-state index in [0.29, 0.717) is 17.3 Å². The van der Waals surface area contributed by atoms with Crippen molar-refractivity contribution in [1.82, 2.24) is 9.97 Å². The van der Waals surface area contributed by atoms with E-state index < -0.39 is 0 Å². The fourth-order valence-electron chi connectivity index (χ4n) is 1.81. The van der Waals surface area contributed by atoms with Crippen LogP contribution < -0.4 is 0 Å². The topological polar surface area (TPSA) is 66.6 Å². The third kappa shape index (κ3) is 1.94. The molecule has 0 unspecified atom stereocenters. The number of hydrogen-bond acceptors (Lipinski definition) is 4. The second-order valence-electron chi connectivity index (χ2n) is 4.16. The molecule has 0 atom stereocenters. The van der Waals surface area contributed by atoms with E-state index in [1.54, 1.807) is 6.92 Å². The number of nitriles is 1. The molecule has 4 nitrogen and oxygen atoms in total. The molecule has 82 valence electrons. The van der Waals surface area contributed by atoms with Crippen LogP contribution in [0.25, 0.3) is 0 Å². The van der Waals surface area contributed by atoms with Crippen LogP contribution in [0.5, 0.6) is 0 Å². The summed E-state index contributed by atoms with van der Waals surface area (Å²) < 4.78 is 0. The molecule has 0 amide bonds. The maximum absolute atomic E-state index is 11.6. The Balaban J connectivity index is 2.41. The van der Waals surface area contributed by atoms with E-state index in [-0.39, 0.29) is 12.2 Å². The van der Waals surface area contributed by atoms with Gasteiger partial charge in [-0.1, -0.05) is 0 Å². The molecule has 0 spiro atoms. The minimum atomic E-state index is -0.227. The van der Waals surface area contributed by atoms with Crippen LogP contribution in [-0.4, -0.2) is 15.8 Å². The predicted octanol–water partition coefficient (Wildman–Crippen LogP) is 2.07. The first-order chi connectivity index (χ1) is 7.63. The zero-order valence-electron chi connectivity index (χ0n) is 9.45. The van der Waals surface area contributed by atoms with Crippen molar-refractivity contribution in [2.45, 2.75) is 39.0 Å². The lowest BCUT2D eigenvalue weighted by molar-refractivity contribution is 0.0991. The predicted molar refractivity (Wildman–Crippen MR) is 58.0 cm³/mol.